The van der Waals surface area contributed by atoms with Gasteiger partial charge in [0.1, 0.15) is 17.1 Å². The van der Waals surface area contributed by atoms with Crippen molar-refractivity contribution in [2.75, 3.05) is 14.2 Å². The standard InChI is InChI=1S/C23H19NO4.ClHO4/c1-26-21-10-8-16(12-23(21)27-2)24-19-14-22(15-6-4-3-5-7-15)28-20-11-9-17(25)13-18(19)20;2-1(3,4)5/h3-14,25H,1-2H3;(H,2,3,4,5). The zero-order valence-electron chi connectivity index (χ0n) is 17.6. The molecular formula is C23H20ClNO8. The highest BCUT2D eigenvalue weighted by atomic mass is 35.7. The normalized spacial score (nSPS) is 11.6. The molecule has 0 fully saturated rings. The number of phenols is 1. The summed E-state index contributed by atoms with van der Waals surface area (Å²) in [6.07, 6.45) is 0. The number of methoxy groups -OCH3 is 2. The van der Waals surface area contributed by atoms with Gasteiger partial charge in [-0.2, -0.15) is 0 Å². The fraction of sp³-hybridized carbons (Fsp3) is 0.0870. The largest absolute Gasteiger partial charge is 0.508 e. The van der Waals surface area contributed by atoms with E-state index in [0.29, 0.717) is 17.1 Å². The Bertz CT molecular complexity index is 1290. The number of aromatic hydroxyl groups is 1. The molecule has 172 valence electrons. The highest BCUT2D eigenvalue weighted by molar-refractivity contribution is 5.79. The molecule has 0 unspecified atom stereocenters. The number of nitrogens with one attached hydrogen (secondary N) is 1. The first-order valence-corrected chi connectivity index (χ1v) is 10.7. The van der Waals surface area contributed by atoms with E-state index < -0.39 is 10.2 Å². The van der Waals surface area contributed by atoms with Gasteiger partial charge in [-0.05, 0) is 24.3 Å². The minimum absolute atomic E-state index is 0.172. The van der Waals surface area contributed by atoms with Crippen LogP contribution in [-0.2, 0) is 0 Å². The Morgan fingerprint density at radius 3 is 2.12 bits per heavy atom. The third-order valence-corrected chi connectivity index (χ3v) is 4.47. The zero-order valence-corrected chi connectivity index (χ0v) is 18.4. The van der Waals surface area contributed by atoms with Crippen LogP contribution in [0, 0.1) is 10.2 Å². The molecule has 0 radical (unpaired) electrons. The van der Waals surface area contributed by atoms with Crippen molar-refractivity contribution >= 4 is 16.7 Å². The Morgan fingerprint density at radius 1 is 0.818 bits per heavy atom. The van der Waals surface area contributed by atoms with Gasteiger partial charge < -0.3 is 19.0 Å². The topological polar surface area (TPSA) is 158 Å². The fourth-order valence-electron chi connectivity index (χ4n) is 3.09. The Hall–Kier alpha value is -3.60. The lowest BCUT2D eigenvalue weighted by Crippen LogP contribution is -2.70. The minimum Gasteiger partial charge on any atom is -0.508 e. The number of phenolic OH excluding ortho intramolecular Hbond substituents is 1. The number of hydrogen-bond acceptors (Lipinski definition) is 8. The van der Waals surface area contributed by atoms with Gasteiger partial charge in [0, 0.05) is 11.6 Å². The summed E-state index contributed by atoms with van der Waals surface area (Å²) in [5.74, 6) is 2.18. The van der Waals surface area contributed by atoms with Crippen LogP contribution in [-0.4, -0.2) is 19.3 Å². The molecule has 33 heavy (non-hydrogen) atoms. The van der Waals surface area contributed by atoms with E-state index in [1.807, 2.05) is 54.6 Å². The molecule has 0 aliphatic carbocycles. The second-order valence-corrected chi connectivity index (χ2v) is 7.40. The molecule has 4 aromatic rings. The van der Waals surface area contributed by atoms with E-state index in [0.717, 1.165) is 27.8 Å². The highest BCUT2D eigenvalue weighted by Gasteiger charge is 2.12. The predicted octanol–water partition coefficient (Wildman–Crippen LogP) is -1.62. The van der Waals surface area contributed by atoms with Gasteiger partial charge in [-0.15, -0.1) is 10.2 Å². The molecule has 0 amide bonds. The van der Waals surface area contributed by atoms with Crippen LogP contribution < -0.4 is 38.5 Å². The molecule has 10 heteroatoms. The number of hydrogen-bond donors (Lipinski definition) is 2. The molecule has 1 aromatic heterocycles. The van der Waals surface area contributed by atoms with E-state index in [2.05, 4.69) is 4.99 Å². The summed E-state index contributed by atoms with van der Waals surface area (Å²) >= 11 is 0. The molecule has 3 aromatic carbocycles. The van der Waals surface area contributed by atoms with E-state index in [1.54, 1.807) is 32.4 Å². The van der Waals surface area contributed by atoms with Crippen LogP contribution in [0.3, 0.4) is 0 Å². The summed E-state index contributed by atoms with van der Waals surface area (Å²) in [6, 6.07) is 22.5. The summed E-state index contributed by atoms with van der Waals surface area (Å²) in [6.45, 7) is 0. The van der Waals surface area contributed by atoms with E-state index in [9.17, 15) is 5.11 Å². The number of halogens is 1. The molecule has 0 saturated carbocycles. The van der Waals surface area contributed by atoms with Crippen molar-refractivity contribution in [3.05, 3.63) is 78.2 Å². The minimum atomic E-state index is -4.94. The SMILES string of the molecule is COc1ccc([NH+]=c2cc(-c3ccccc3)oc3ccc(O)cc23)cc1OC.[O-][Cl+3]([O-])([O-])[O-]. The van der Waals surface area contributed by atoms with Gasteiger partial charge in [0.25, 0.3) is 0 Å². The van der Waals surface area contributed by atoms with Gasteiger partial charge >= 0.3 is 0 Å². The van der Waals surface area contributed by atoms with Crippen molar-refractivity contribution in [3.8, 4) is 28.6 Å². The quantitative estimate of drug-likeness (QED) is 0.358. The maximum absolute atomic E-state index is 9.95. The summed E-state index contributed by atoms with van der Waals surface area (Å²) in [7, 11) is -1.74. The second-order valence-electron chi connectivity index (χ2n) is 6.64. The summed E-state index contributed by atoms with van der Waals surface area (Å²) in [5.41, 5.74) is 2.46. The summed E-state index contributed by atoms with van der Waals surface area (Å²) in [5, 5.41) is 11.5. The molecule has 0 aliphatic heterocycles. The van der Waals surface area contributed by atoms with Crippen molar-refractivity contribution in [1.82, 2.24) is 0 Å². The number of benzene rings is 3. The maximum atomic E-state index is 9.95. The Labute approximate surface area is 190 Å². The number of rotatable bonds is 4. The van der Waals surface area contributed by atoms with Crippen LogP contribution in [0.25, 0.3) is 22.3 Å². The van der Waals surface area contributed by atoms with Crippen LogP contribution in [0.4, 0.5) is 5.69 Å². The van der Waals surface area contributed by atoms with E-state index in [-0.39, 0.29) is 5.75 Å². The Kier molecular flexibility index (Phi) is 7.54. The van der Waals surface area contributed by atoms with Gasteiger partial charge in [0.2, 0.25) is 11.0 Å². The van der Waals surface area contributed by atoms with E-state index >= 15 is 0 Å². The van der Waals surface area contributed by atoms with Gasteiger partial charge in [-0.3, -0.25) is 0 Å². The monoisotopic (exact) mass is 473 g/mol. The van der Waals surface area contributed by atoms with Crippen LogP contribution in [0.5, 0.6) is 17.2 Å². The number of ether oxygens (including phenoxy) is 2. The zero-order chi connectivity index (χ0) is 24.0. The average Bonchev–Trinajstić information content (AvgIpc) is 2.78. The van der Waals surface area contributed by atoms with Crippen molar-refractivity contribution in [3.63, 3.8) is 0 Å². The summed E-state index contributed by atoms with van der Waals surface area (Å²) in [4.78, 5) is 3.40. The predicted molar refractivity (Wildman–Crippen MR) is 107 cm³/mol. The Morgan fingerprint density at radius 2 is 1.48 bits per heavy atom. The summed E-state index contributed by atoms with van der Waals surface area (Å²) < 4.78 is 50.7. The molecule has 0 atom stereocenters. The lowest BCUT2D eigenvalue weighted by Gasteiger charge is -2.17. The molecule has 1 heterocycles. The molecule has 9 nitrogen and oxygen atoms in total. The van der Waals surface area contributed by atoms with Crippen LogP contribution in [0.2, 0.25) is 0 Å². The molecule has 0 spiro atoms. The molecule has 4 rings (SSSR count). The molecule has 0 bridgehead atoms. The molecule has 0 saturated heterocycles. The molecular weight excluding hydrogens is 454 g/mol. The maximum Gasteiger partial charge on any atom is 0.218 e. The van der Waals surface area contributed by atoms with Crippen molar-refractivity contribution in [2.24, 2.45) is 0 Å². The third-order valence-electron chi connectivity index (χ3n) is 4.47. The first-order valence-electron chi connectivity index (χ1n) is 9.44. The lowest BCUT2D eigenvalue weighted by molar-refractivity contribution is -2.00. The lowest BCUT2D eigenvalue weighted by atomic mass is 10.1. The van der Waals surface area contributed by atoms with Gasteiger partial charge in [-0.25, -0.2) is 23.6 Å². The third kappa shape index (κ3) is 6.69. The van der Waals surface area contributed by atoms with E-state index in [4.69, 9.17) is 32.5 Å². The average molecular weight is 474 g/mol. The van der Waals surface area contributed by atoms with Crippen LogP contribution in [0.15, 0.2) is 77.2 Å². The number of fused-ring (bicyclic) bond motifs is 1. The molecule has 2 N–H and O–H groups in total. The van der Waals surface area contributed by atoms with Crippen molar-refractivity contribution < 1.29 is 52.9 Å². The second kappa shape index (κ2) is 10.3. The smallest absolute Gasteiger partial charge is 0.218 e. The van der Waals surface area contributed by atoms with E-state index in [1.165, 1.54) is 0 Å². The van der Waals surface area contributed by atoms with Gasteiger partial charge in [0.15, 0.2) is 11.5 Å². The van der Waals surface area contributed by atoms with Crippen molar-refractivity contribution in [2.45, 2.75) is 0 Å². The first-order chi connectivity index (χ1) is 15.7. The molecule has 0 aliphatic rings. The highest BCUT2D eigenvalue weighted by Crippen LogP contribution is 2.28. The van der Waals surface area contributed by atoms with Crippen LogP contribution in [0.1, 0.15) is 0 Å². The first kappa shape index (κ1) is 24.1. The van der Waals surface area contributed by atoms with Gasteiger partial charge in [-0.1, -0.05) is 30.3 Å². The fourth-order valence-corrected chi connectivity index (χ4v) is 3.09. The Balaban J connectivity index is 0.000000555. The van der Waals surface area contributed by atoms with Crippen LogP contribution >= 0.6 is 0 Å². The van der Waals surface area contributed by atoms with Gasteiger partial charge in [0.05, 0.1) is 31.7 Å². The van der Waals surface area contributed by atoms with Crippen molar-refractivity contribution in [1.29, 1.82) is 0 Å².